The van der Waals surface area contributed by atoms with Gasteiger partial charge in [-0.1, -0.05) is 19.1 Å². The summed E-state index contributed by atoms with van der Waals surface area (Å²) in [6, 6.07) is 0. The van der Waals surface area contributed by atoms with Gasteiger partial charge in [-0.25, -0.2) is 0 Å². The lowest BCUT2D eigenvalue weighted by Gasteiger charge is -2.38. The maximum absolute atomic E-state index is 12.2. The van der Waals surface area contributed by atoms with E-state index >= 15 is 0 Å². The number of hydrogen-bond acceptors (Lipinski definition) is 2. The van der Waals surface area contributed by atoms with Crippen LogP contribution >= 0.6 is 0 Å². The van der Waals surface area contributed by atoms with Crippen molar-refractivity contribution in [3.63, 3.8) is 0 Å². The van der Waals surface area contributed by atoms with Crippen LogP contribution in [0, 0.1) is 23.7 Å². The number of amides is 2. The van der Waals surface area contributed by atoms with Gasteiger partial charge >= 0.3 is 0 Å². The van der Waals surface area contributed by atoms with Gasteiger partial charge in [0, 0.05) is 6.54 Å². The van der Waals surface area contributed by atoms with Gasteiger partial charge in [-0.2, -0.15) is 0 Å². The number of carbonyl (C=O) groups excluding carboxylic acids is 2. The van der Waals surface area contributed by atoms with Gasteiger partial charge in [-0.3, -0.25) is 14.5 Å². The highest BCUT2D eigenvalue weighted by Gasteiger charge is 2.55. The molecule has 1 aliphatic heterocycles. The highest BCUT2D eigenvalue weighted by Crippen LogP contribution is 2.49. The number of hydrogen-bond donors (Lipinski definition) is 0. The van der Waals surface area contributed by atoms with E-state index in [1.165, 1.54) is 4.90 Å². The minimum atomic E-state index is -0.0252. The summed E-state index contributed by atoms with van der Waals surface area (Å²) in [6.45, 7) is 2.61. The van der Waals surface area contributed by atoms with Crippen LogP contribution in [-0.2, 0) is 9.59 Å². The summed E-state index contributed by atoms with van der Waals surface area (Å²) < 4.78 is 0. The van der Waals surface area contributed by atoms with Crippen LogP contribution in [0.25, 0.3) is 0 Å². The molecule has 0 unspecified atom stereocenters. The monoisotopic (exact) mass is 219 g/mol. The smallest absolute Gasteiger partial charge is 0.233 e. The summed E-state index contributed by atoms with van der Waals surface area (Å²) in [7, 11) is 0. The third-order valence-corrected chi connectivity index (χ3v) is 4.30. The largest absolute Gasteiger partial charge is 0.282 e. The highest BCUT2D eigenvalue weighted by molar-refractivity contribution is 6.06. The van der Waals surface area contributed by atoms with Crippen molar-refractivity contribution in [1.29, 1.82) is 0 Å². The molecule has 4 atom stereocenters. The molecule has 2 amide bonds. The molecule has 0 N–H and O–H groups in total. The Labute approximate surface area is 95.5 Å². The van der Waals surface area contributed by atoms with Gasteiger partial charge in [0.2, 0.25) is 11.8 Å². The van der Waals surface area contributed by atoms with Gasteiger partial charge in [0.1, 0.15) is 0 Å². The molecule has 0 aromatic carbocycles. The fourth-order valence-electron chi connectivity index (χ4n) is 3.58. The molecule has 0 aromatic rings. The van der Waals surface area contributed by atoms with Crippen LogP contribution < -0.4 is 0 Å². The standard InChI is InChI=1S/C13H17NO2/c1-2-7-14-12(15)10-8-3-4-9(6-5-8)11(10)13(14)16/h3-4,8-11H,2,5-7H2,1H3/t8-,9+,10-,11+. The molecule has 3 heteroatoms. The topological polar surface area (TPSA) is 37.4 Å². The minimum Gasteiger partial charge on any atom is -0.282 e. The van der Waals surface area contributed by atoms with Crippen molar-refractivity contribution >= 4 is 11.8 Å². The third-order valence-electron chi connectivity index (χ3n) is 4.30. The number of imide groups is 1. The minimum absolute atomic E-state index is 0.0252. The molecule has 3 aliphatic carbocycles. The van der Waals surface area contributed by atoms with Gasteiger partial charge in [-0.15, -0.1) is 0 Å². The first kappa shape index (κ1) is 10.1. The molecule has 0 aromatic heterocycles. The summed E-state index contributed by atoms with van der Waals surface area (Å²) in [5.41, 5.74) is 0. The van der Waals surface area contributed by atoms with E-state index in [0.29, 0.717) is 18.4 Å². The molecule has 1 saturated heterocycles. The molecule has 0 radical (unpaired) electrons. The van der Waals surface area contributed by atoms with Crippen LogP contribution in [0.15, 0.2) is 12.2 Å². The lowest BCUT2D eigenvalue weighted by atomic mass is 9.63. The first-order chi connectivity index (χ1) is 7.74. The average molecular weight is 219 g/mol. The van der Waals surface area contributed by atoms with Crippen LogP contribution in [0.4, 0.5) is 0 Å². The van der Waals surface area contributed by atoms with Gasteiger partial charge < -0.3 is 0 Å². The second-order valence-corrected chi connectivity index (χ2v) is 5.17. The van der Waals surface area contributed by atoms with E-state index in [9.17, 15) is 9.59 Å². The Balaban J connectivity index is 1.95. The Kier molecular flexibility index (Phi) is 2.16. The molecular formula is C13H17NO2. The molecule has 4 aliphatic rings. The van der Waals surface area contributed by atoms with Crippen LogP contribution in [-0.4, -0.2) is 23.3 Å². The summed E-state index contributed by atoms with van der Waals surface area (Å²) >= 11 is 0. The molecular weight excluding hydrogens is 202 g/mol. The zero-order valence-electron chi connectivity index (χ0n) is 9.56. The zero-order chi connectivity index (χ0) is 11.3. The van der Waals surface area contributed by atoms with Crippen LogP contribution in [0.1, 0.15) is 26.2 Å². The first-order valence-electron chi connectivity index (χ1n) is 6.27. The number of rotatable bonds is 2. The van der Waals surface area contributed by atoms with E-state index in [0.717, 1.165) is 19.3 Å². The average Bonchev–Trinajstić information content (AvgIpc) is 2.58. The van der Waals surface area contributed by atoms with Crippen LogP contribution in [0.5, 0.6) is 0 Å². The van der Waals surface area contributed by atoms with Gasteiger partial charge in [0.15, 0.2) is 0 Å². The van der Waals surface area contributed by atoms with Crippen molar-refractivity contribution in [3.05, 3.63) is 12.2 Å². The van der Waals surface area contributed by atoms with E-state index < -0.39 is 0 Å². The molecule has 1 saturated carbocycles. The Bertz CT molecular complexity index is 342. The van der Waals surface area contributed by atoms with Gasteiger partial charge in [0.25, 0.3) is 0 Å². The van der Waals surface area contributed by atoms with E-state index in [-0.39, 0.29) is 23.7 Å². The molecule has 1 heterocycles. The predicted octanol–water partition coefficient (Wildman–Crippen LogP) is 1.59. The normalized spacial score (nSPS) is 40.7. The van der Waals surface area contributed by atoms with Gasteiger partial charge in [0.05, 0.1) is 11.8 Å². The Hall–Kier alpha value is -1.12. The molecule has 2 bridgehead atoms. The quantitative estimate of drug-likeness (QED) is 0.522. The maximum Gasteiger partial charge on any atom is 0.233 e. The fourth-order valence-corrected chi connectivity index (χ4v) is 3.58. The van der Waals surface area contributed by atoms with E-state index in [4.69, 9.17) is 0 Å². The lowest BCUT2D eigenvalue weighted by molar-refractivity contribution is -0.140. The lowest BCUT2D eigenvalue weighted by Crippen LogP contribution is -2.38. The van der Waals surface area contributed by atoms with Crippen molar-refractivity contribution < 1.29 is 9.59 Å². The van der Waals surface area contributed by atoms with Crippen LogP contribution in [0.3, 0.4) is 0 Å². The van der Waals surface area contributed by atoms with E-state index in [1.54, 1.807) is 0 Å². The second kappa shape index (κ2) is 3.44. The summed E-state index contributed by atoms with van der Waals surface area (Å²) in [5.74, 6) is 0.791. The SMILES string of the molecule is CCCN1C(=O)[C@@H]2[C@H](C1=O)[C@@H]1C=C[C@H]2CC1. The molecule has 0 spiro atoms. The highest BCUT2D eigenvalue weighted by atomic mass is 16.2. The Morgan fingerprint density at radius 1 is 1.12 bits per heavy atom. The third kappa shape index (κ3) is 1.14. The van der Waals surface area contributed by atoms with E-state index in [2.05, 4.69) is 12.2 Å². The molecule has 16 heavy (non-hydrogen) atoms. The van der Waals surface area contributed by atoms with Crippen molar-refractivity contribution in [1.82, 2.24) is 4.90 Å². The summed E-state index contributed by atoms with van der Waals surface area (Å²) in [6.07, 6.45) is 7.36. The zero-order valence-corrected chi connectivity index (χ0v) is 9.56. The number of allylic oxidation sites excluding steroid dienone is 2. The van der Waals surface area contributed by atoms with Crippen molar-refractivity contribution in [2.24, 2.45) is 23.7 Å². The number of nitrogens with zero attached hydrogens (tertiary/aromatic N) is 1. The fraction of sp³-hybridized carbons (Fsp3) is 0.692. The maximum atomic E-state index is 12.2. The molecule has 4 rings (SSSR count). The predicted molar refractivity (Wildman–Crippen MR) is 59.3 cm³/mol. The number of carbonyl (C=O) groups is 2. The number of fused-ring (bicyclic) bond motifs is 1. The van der Waals surface area contributed by atoms with Crippen molar-refractivity contribution in [2.45, 2.75) is 26.2 Å². The van der Waals surface area contributed by atoms with Gasteiger partial charge in [-0.05, 0) is 31.1 Å². The Morgan fingerprint density at radius 2 is 1.62 bits per heavy atom. The first-order valence-corrected chi connectivity index (χ1v) is 6.27. The van der Waals surface area contributed by atoms with Crippen molar-refractivity contribution in [2.75, 3.05) is 6.54 Å². The Morgan fingerprint density at radius 3 is 2.00 bits per heavy atom. The summed E-state index contributed by atoms with van der Waals surface area (Å²) in [4.78, 5) is 25.9. The van der Waals surface area contributed by atoms with Crippen molar-refractivity contribution in [3.8, 4) is 0 Å². The summed E-state index contributed by atoms with van der Waals surface area (Å²) in [5, 5.41) is 0. The molecule has 2 fully saturated rings. The van der Waals surface area contributed by atoms with E-state index in [1.807, 2.05) is 6.92 Å². The second-order valence-electron chi connectivity index (χ2n) is 5.17. The van der Waals surface area contributed by atoms with Crippen LogP contribution in [0.2, 0.25) is 0 Å². The number of likely N-dealkylation sites (tertiary alicyclic amines) is 1. The molecule has 86 valence electrons. The molecule has 3 nitrogen and oxygen atoms in total.